The molecule has 104 valence electrons. The van der Waals surface area contributed by atoms with Gasteiger partial charge in [0.15, 0.2) is 0 Å². The first-order valence-electron chi connectivity index (χ1n) is 7.44. The first kappa shape index (κ1) is 13.3. The molecular formula is C18H22N2. The molecule has 0 saturated carbocycles. The van der Waals surface area contributed by atoms with Crippen molar-refractivity contribution < 1.29 is 0 Å². The zero-order chi connectivity index (χ0) is 13.6. The Morgan fingerprint density at radius 3 is 2.25 bits per heavy atom. The lowest BCUT2D eigenvalue weighted by atomic mass is 10.0. The zero-order valence-electron chi connectivity index (χ0n) is 11.8. The Labute approximate surface area is 121 Å². The third-order valence-corrected chi connectivity index (χ3v) is 4.01. The van der Waals surface area contributed by atoms with Crippen molar-refractivity contribution in [1.82, 2.24) is 10.2 Å². The maximum Gasteiger partial charge on any atom is 0.0265 e. The van der Waals surface area contributed by atoms with E-state index in [1.807, 2.05) is 0 Å². The van der Waals surface area contributed by atoms with Crippen LogP contribution in [0.3, 0.4) is 0 Å². The molecule has 1 aliphatic heterocycles. The molecule has 1 heterocycles. The molecule has 0 spiro atoms. The quantitative estimate of drug-likeness (QED) is 0.915. The second-order valence-electron chi connectivity index (χ2n) is 5.50. The molecule has 0 radical (unpaired) electrons. The van der Waals surface area contributed by atoms with Gasteiger partial charge in [0.1, 0.15) is 0 Å². The average molecular weight is 266 g/mol. The van der Waals surface area contributed by atoms with Gasteiger partial charge >= 0.3 is 0 Å². The number of piperazine rings is 1. The van der Waals surface area contributed by atoms with Gasteiger partial charge in [-0.05, 0) is 17.5 Å². The van der Waals surface area contributed by atoms with Crippen LogP contribution in [0.2, 0.25) is 0 Å². The molecule has 2 heteroatoms. The van der Waals surface area contributed by atoms with E-state index in [1.54, 1.807) is 0 Å². The van der Waals surface area contributed by atoms with Gasteiger partial charge < -0.3 is 5.32 Å². The van der Waals surface area contributed by atoms with Crippen molar-refractivity contribution in [3.8, 4) is 0 Å². The van der Waals surface area contributed by atoms with Crippen LogP contribution in [0, 0.1) is 0 Å². The Hall–Kier alpha value is -1.64. The average Bonchev–Trinajstić information content (AvgIpc) is 2.51. The molecule has 0 unspecified atom stereocenters. The van der Waals surface area contributed by atoms with Crippen LogP contribution < -0.4 is 5.32 Å². The van der Waals surface area contributed by atoms with Gasteiger partial charge in [-0.2, -0.15) is 0 Å². The minimum Gasteiger partial charge on any atom is -0.314 e. The number of nitrogens with one attached hydrogen (secondary N) is 1. The van der Waals surface area contributed by atoms with Crippen molar-refractivity contribution in [3.05, 3.63) is 71.8 Å². The highest BCUT2D eigenvalue weighted by Gasteiger charge is 2.22. The van der Waals surface area contributed by atoms with Crippen LogP contribution in [0.15, 0.2) is 60.7 Å². The Balaban J connectivity index is 1.68. The predicted molar refractivity (Wildman–Crippen MR) is 83.7 cm³/mol. The summed E-state index contributed by atoms with van der Waals surface area (Å²) >= 11 is 0. The van der Waals surface area contributed by atoms with Crippen LogP contribution in [0.5, 0.6) is 0 Å². The van der Waals surface area contributed by atoms with Crippen LogP contribution >= 0.6 is 0 Å². The molecule has 1 N–H and O–H groups in total. The molecule has 0 aromatic heterocycles. The fraction of sp³-hybridized carbons (Fsp3) is 0.333. The van der Waals surface area contributed by atoms with Crippen molar-refractivity contribution in [3.63, 3.8) is 0 Å². The Morgan fingerprint density at radius 1 is 0.900 bits per heavy atom. The summed E-state index contributed by atoms with van der Waals surface area (Å²) < 4.78 is 0. The molecule has 1 fully saturated rings. The van der Waals surface area contributed by atoms with Gasteiger partial charge in [-0.25, -0.2) is 0 Å². The molecule has 1 atom stereocenters. The molecule has 0 bridgehead atoms. The van der Waals surface area contributed by atoms with Crippen LogP contribution in [0.25, 0.3) is 0 Å². The molecular weight excluding hydrogens is 244 g/mol. The molecule has 2 aromatic carbocycles. The van der Waals surface area contributed by atoms with E-state index in [0.29, 0.717) is 6.04 Å². The van der Waals surface area contributed by atoms with E-state index in [0.717, 1.165) is 32.6 Å². The molecule has 0 amide bonds. The van der Waals surface area contributed by atoms with Crippen molar-refractivity contribution in [1.29, 1.82) is 0 Å². The SMILES string of the molecule is c1ccc(C[C@H]2CNCCN2Cc2ccccc2)cc1. The topological polar surface area (TPSA) is 15.3 Å². The fourth-order valence-corrected chi connectivity index (χ4v) is 2.92. The highest BCUT2D eigenvalue weighted by molar-refractivity contribution is 5.18. The van der Waals surface area contributed by atoms with Gasteiger partial charge in [0, 0.05) is 32.2 Å². The summed E-state index contributed by atoms with van der Waals surface area (Å²) in [6, 6.07) is 22.2. The highest BCUT2D eigenvalue weighted by atomic mass is 15.2. The fourth-order valence-electron chi connectivity index (χ4n) is 2.92. The number of benzene rings is 2. The first-order chi connectivity index (χ1) is 9.92. The lowest BCUT2D eigenvalue weighted by molar-refractivity contribution is 0.152. The summed E-state index contributed by atoms with van der Waals surface area (Å²) in [6.45, 7) is 4.37. The summed E-state index contributed by atoms with van der Waals surface area (Å²) in [6.07, 6.45) is 1.13. The Bertz CT molecular complexity index is 460. The van der Waals surface area contributed by atoms with E-state index in [-0.39, 0.29) is 0 Å². The smallest absolute Gasteiger partial charge is 0.0265 e. The van der Waals surface area contributed by atoms with Crippen LogP contribution in [0.4, 0.5) is 0 Å². The van der Waals surface area contributed by atoms with Crippen LogP contribution in [0.1, 0.15) is 11.1 Å². The highest BCUT2D eigenvalue weighted by Crippen LogP contribution is 2.14. The standard InChI is InChI=1S/C18H22N2/c1-3-7-16(8-4-1)13-18-14-19-11-12-20(18)15-17-9-5-2-6-10-17/h1-10,18-19H,11-15H2/t18-/m0/s1. The van der Waals surface area contributed by atoms with Crippen LogP contribution in [-0.2, 0) is 13.0 Å². The predicted octanol–water partition coefficient (Wildman–Crippen LogP) is 2.70. The van der Waals surface area contributed by atoms with E-state index < -0.39 is 0 Å². The molecule has 1 saturated heterocycles. The number of nitrogens with zero attached hydrogens (tertiary/aromatic N) is 1. The zero-order valence-corrected chi connectivity index (χ0v) is 11.8. The molecule has 2 aromatic rings. The maximum absolute atomic E-state index is 3.53. The lowest BCUT2D eigenvalue weighted by Gasteiger charge is -2.36. The number of hydrogen-bond acceptors (Lipinski definition) is 2. The van der Waals surface area contributed by atoms with Crippen molar-refractivity contribution in [2.24, 2.45) is 0 Å². The second-order valence-corrected chi connectivity index (χ2v) is 5.50. The first-order valence-corrected chi connectivity index (χ1v) is 7.44. The molecule has 3 rings (SSSR count). The number of rotatable bonds is 4. The van der Waals surface area contributed by atoms with Gasteiger partial charge in [0.2, 0.25) is 0 Å². The second kappa shape index (κ2) is 6.69. The van der Waals surface area contributed by atoms with E-state index in [4.69, 9.17) is 0 Å². The summed E-state index contributed by atoms with van der Waals surface area (Å²) in [4.78, 5) is 2.61. The lowest BCUT2D eigenvalue weighted by Crippen LogP contribution is -2.51. The van der Waals surface area contributed by atoms with Crippen molar-refractivity contribution in [2.45, 2.75) is 19.0 Å². The minimum absolute atomic E-state index is 0.589. The molecule has 20 heavy (non-hydrogen) atoms. The molecule has 1 aliphatic rings. The van der Waals surface area contributed by atoms with Gasteiger partial charge in [0.25, 0.3) is 0 Å². The maximum atomic E-state index is 3.53. The van der Waals surface area contributed by atoms with Crippen molar-refractivity contribution in [2.75, 3.05) is 19.6 Å². The summed E-state index contributed by atoms with van der Waals surface area (Å²) in [5.41, 5.74) is 2.84. The molecule has 2 nitrogen and oxygen atoms in total. The monoisotopic (exact) mass is 266 g/mol. The Morgan fingerprint density at radius 2 is 1.55 bits per heavy atom. The normalized spacial score (nSPS) is 19.9. The van der Waals surface area contributed by atoms with Gasteiger partial charge in [0.05, 0.1) is 0 Å². The van der Waals surface area contributed by atoms with E-state index in [9.17, 15) is 0 Å². The molecule has 0 aliphatic carbocycles. The van der Waals surface area contributed by atoms with E-state index in [1.165, 1.54) is 11.1 Å². The van der Waals surface area contributed by atoms with Crippen molar-refractivity contribution >= 4 is 0 Å². The Kier molecular flexibility index (Phi) is 4.46. The number of hydrogen-bond donors (Lipinski definition) is 1. The summed E-state index contributed by atoms with van der Waals surface area (Å²) in [5, 5.41) is 3.53. The van der Waals surface area contributed by atoms with E-state index in [2.05, 4.69) is 70.9 Å². The summed E-state index contributed by atoms with van der Waals surface area (Å²) in [5.74, 6) is 0. The third kappa shape index (κ3) is 3.47. The van der Waals surface area contributed by atoms with Gasteiger partial charge in [-0.15, -0.1) is 0 Å². The van der Waals surface area contributed by atoms with Crippen LogP contribution in [-0.4, -0.2) is 30.6 Å². The van der Waals surface area contributed by atoms with E-state index >= 15 is 0 Å². The third-order valence-electron chi connectivity index (χ3n) is 4.01. The largest absolute Gasteiger partial charge is 0.314 e. The van der Waals surface area contributed by atoms with Gasteiger partial charge in [-0.3, -0.25) is 4.90 Å². The van der Waals surface area contributed by atoms with Gasteiger partial charge in [-0.1, -0.05) is 60.7 Å². The summed E-state index contributed by atoms with van der Waals surface area (Å²) in [7, 11) is 0. The minimum atomic E-state index is 0.589.